The second kappa shape index (κ2) is 7.71. The fourth-order valence-corrected chi connectivity index (χ4v) is 4.90. The van der Waals surface area contributed by atoms with Crippen molar-refractivity contribution in [2.24, 2.45) is 7.05 Å². The predicted octanol–water partition coefficient (Wildman–Crippen LogP) is 3.84. The maximum absolute atomic E-state index is 12.7. The van der Waals surface area contributed by atoms with Gasteiger partial charge in [0.1, 0.15) is 16.4 Å². The number of hydrogen-bond acceptors (Lipinski definition) is 6. The second-order valence-corrected chi connectivity index (χ2v) is 8.05. The molecule has 0 spiro atoms. The number of nitrogens with zero attached hydrogens (tertiary/aromatic N) is 2. The minimum atomic E-state index is -0.965. The number of ether oxygens (including phenoxy) is 1. The summed E-state index contributed by atoms with van der Waals surface area (Å²) < 4.78 is 6.44. The monoisotopic (exact) mass is 411 g/mol. The Hall–Kier alpha value is -3.13. The number of benzene rings is 1. The van der Waals surface area contributed by atoms with Gasteiger partial charge in [-0.05, 0) is 61.6 Å². The number of rotatable bonds is 5. The fraction of sp³-hybridized carbons (Fsp3) is 0.286. The molecule has 2 aromatic heterocycles. The Bertz CT molecular complexity index is 1130. The fourth-order valence-electron chi connectivity index (χ4n) is 3.60. The lowest BCUT2D eigenvalue weighted by molar-refractivity contribution is 0.0697. The molecule has 4 rings (SSSR count). The van der Waals surface area contributed by atoms with Gasteiger partial charge in [0.15, 0.2) is 0 Å². The van der Waals surface area contributed by atoms with E-state index < -0.39 is 5.97 Å². The van der Waals surface area contributed by atoms with Crippen LogP contribution in [0.15, 0.2) is 35.1 Å². The van der Waals surface area contributed by atoms with Crippen LogP contribution in [0, 0.1) is 0 Å². The number of thiophene rings is 1. The van der Waals surface area contributed by atoms with Gasteiger partial charge in [0.2, 0.25) is 0 Å². The summed E-state index contributed by atoms with van der Waals surface area (Å²) in [7, 11) is 3.18. The van der Waals surface area contributed by atoms with Gasteiger partial charge >= 0.3 is 5.97 Å². The first-order chi connectivity index (χ1) is 14.0. The molecular weight excluding hydrogens is 390 g/mol. The van der Waals surface area contributed by atoms with Gasteiger partial charge in [-0.1, -0.05) is 0 Å². The van der Waals surface area contributed by atoms with Crippen LogP contribution >= 0.6 is 11.3 Å². The number of aryl methyl sites for hydroxylation is 2. The molecule has 0 bridgehead atoms. The minimum absolute atomic E-state index is 0.287. The largest absolute Gasteiger partial charge is 0.497 e. The van der Waals surface area contributed by atoms with Gasteiger partial charge in [-0.25, -0.2) is 9.48 Å². The van der Waals surface area contributed by atoms with Crippen LogP contribution in [0.1, 0.15) is 33.6 Å². The SMILES string of the molecule is COc1ccc(-c2cc(Nc3sc4c(c3C(=O)O)CCCC4)c(=O)n(C)n2)cc1. The van der Waals surface area contributed by atoms with Crippen LogP contribution < -0.4 is 15.6 Å². The number of fused-ring (bicyclic) bond motifs is 1. The van der Waals surface area contributed by atoms with Crippen LogP contribution in [0.4, 0.5) is 10.7 Å². The zero-order valence-electron chi connectivity index (χ0n) is 16.2. The summed E-state index contributed by atoms with van der Waals surface area (Å²) in [5.74, 6) is -0.236. The van der Waals surface area contributed by atoms with E-state index in [9.17, 15) is 14.7 Å². The number of aromatic carboxylic acids is 1. The molecule has 3 aromatic rings. The molecule has 8 heteroatoms. The standard InChI is InChI=1S/C21H21N3O4S/c1-24-20(25)16(11-15(23-24)12-7-9-13(28-2)10-8-12)22-19-18(21(26)27)14-5-3-4-6-17(14)29-19/h7-11,22H,3-6H2,1-2H3,(H,26,27). The van der Waals surface area contributed by atoms with E-state index in [1.807, 2.05) is 24.3 Å². The highest BCUT2D eigenvalue weighted by Crippen LogP contribution is 2.39. The molecule has 0 saturated carbocycles. The summed E-state index contributed by atoms with van der Waals surface area (Å²) in [4.78, 5) is 25.7. The van der Waals surface area contributed by atoms with E-state index in [-0.39, 0.29) is 11.1 Å². The molecule has 0 saturated heterocycles. The molecule has 2 N–H and O–H groups in total. The van der Waals surface area contributed by atoms with E-state index in [0.29, 0.717) is 16.4 Å². The molecule has 7 nitrogen and oxygen atoms in total. The van der Waals surface area contributed by atoms with Crippen LogP contribution in [0.5, 0.6) is 5.75 Å². The lowest BCUT2D eigenvalue weighted by Crippen LogP contribution is -2.22. The number of anilines is 2. The molecule has 1 aliphatic carbocycles. The summed E-state index contributed by atoms with van der Waals surface area (Å²) in [5.41, 5.74) is 2.61. The van der Waals surface area contributed by atoms with E-state index >= 15 is 0 Å². The molecular formula is C21H21N3O4S. The molecule has 1 aliphatic rings. The molecule has 0 amide bonds. The zero-order valence-corrected chi connectivity index (χ0v) is 17.0. The van der Waals surface area contributed by atoms with Gasteiger partial charge in [-0.3, -0.25) is 4.79 Å². The van der Waals surface area contributed by atoms with E-state index in [4.69, 9.17) is 4.74 Å². The van der Waals surface area contributed by atoms with Gasteiger partial charge < -0.3 is 15.2 Å². The summed E-state index contributed by atoms with van der Waals surface area (Å²) in [5, 5.41) is 17.7. The number of carboxylic acid groups (broad SMARTS) is 1. The molecule has 0 atom stereocenters. The van der Waals surface area contributed by atoms with Crippen molar-refractivity contribution >= 4 is 28.0 Å². The van der Waals surface area contributed by atoms with Gasteiger partial charge in [-0.2, -0.15) is 5.10 Å². The van der Waals surface area contributed by atoms with Crippen molar-refractivity contribution in [1.29, 1.82) is 0 Å². The third-order valence-corrected chi connectivity index (χ3v) is 6.29. The Morgan fingerprint density at radius 1 is 1.24 bits per heavy atom. The molecule has 2 heterocycles. The first-order valence-electron chi connectivity index (χ1n) is 9.35. The third-order valence-electron chi connectivity index (χ3n) is 5.08. The average molecular weight is 411 g/mol. The first kappa shape index (κ1) is 19.2. The van der Waals surface area contributed by atoms with Crippen LogP contribution in [-0.2, 0) is 19.9 Å². The first-order valence-corrected chi connectivity index (χ1v) is 10.2. The summed E-state index contributed by atoms with van der Waals surface area (Å²) in [6, 6.07) is 9.04. The number of hydrogen-bond donors (Lipinski definition) is 2. The smallest absolute Gasteiger partial charge is 0.339 e. The van der Waals surface area contributed by atoms with Crippen molar-refractivity contribution in [3.8, 4) is 17.0 Å². The van der Waals surface area contributed by atoms with E-state index in [1.54, 1.807) is 20.2 Å². The molecule has 0 fully saturated rings. The van der Waals surface area contributed by atoms with Crippen molar-refractivity contribution in [2.75, 3.05) is 12.4 Å². The van der Waals surface area contributed by atoms with Gasteiger partial charge in [0.05, 0.1) is 18.4 Å². The quantitative estimate of drug-likeness (QED) is 0.663. The van der Waals surface area contributed by atoms with Gasteiger partial charge in [-0.15, -0.1) is 11.3 Å². The lowest BCUT2D eigenvalue weighted by atomic mass is 9.95. The molecule has 1 aromatic carbocycles. The van der Waals surface area contributed by atoms with Crippen molar-refractivity contribution < 1.29 is 14.6 Å². The predicted molar refractivity (Wildman–Crippen MR) is 113 cm³/mol. The van der Waals surface area contributed by atoms with E-state index in [1.165, 1.54) is 16.0 Å². The molecule has 0 unspecified atom stereocenters. The average Bonchev–Trinajstić information content (AvgIpc) is 3.09. The summed E-state index contributed by atoms with van der Waals surface area (Å²) >= 11 is 1.43. The van der Waals surface area contributed by atoms with Gasteiger partial charge in [0, 0.05) is 17.5 Å². The number of carbonyl (C=O) groups is 1. The maximum atomic E-state index is 12.7. The molecule has 0 radical (unpaired) electrons. The van der Waals surface area contributed by atoms with Crippen LogP contribution in [-0.4, -0.2) is 28.0 Å². The maximum Gasteiger partial charge on any atom is 0.339 e. The Kier molecular flexibility index (Phi) is 5.10. The highest BCUT2D eigenvalue weighted by molar-refractivity contribution is 7.16. The van der Waals surface area contributed by atoms with Crippen molar-refractivity contribution in [3.05, 3.63) is 56.7 Å². The van der Waals surface area contributed by atoms with E-state index in [0.717, 1.165) is 47.4 Å². The number of nitrogens with one attached hydrogen (secondary N) is 1. The highest BCUT2D eigenvalue weighted by Gasteiger charge is 2.25. The molecule has 29 heavy (non-hydrogen) atoms. The normalized spacial score (nSPS) is 13.0. The Balaban J connectivity index is 1.76. The van der Waals surface area contributed by atoms with Crippen LogP contribution in [0.3, 0.4) is 0 Å². The minimum Gasteiger partial charge on any atom is -0.497 e. The van der Waals surface area contributed by atoms with E-state index in [2.05, 4.69) is 10.4 Å². The highest BCUT2D eigenvalue weighted by atomic mass is 32.1. The Morgan fingerprint density at radius 2 is 1.97 bits per heavy atom. The Labute approximate surface area is 171 Å². The number of carboxylic acids is 1. The summed E-state index contributed by atoms with van der Waals surface area (Å²) in [6.45, 7) is 0. The van der Waals surface area contributed by atoms with Crippen molar-refractivity contribution in [1.82, 2.24) is 9.78 Å². The molecule has 150 valence electrons. The third kappa shape index (κ3) is 3.63. The topological polar surface area (TPSA) is 93.5 Å². The number of aromatic nitrogens is 2. The van der Waals surface area contributed by atoms with Crippen molar-refractivity contribution in [2.45, 2.75) is 25.7 Å². The Morgan fingerprint density at radius 3 is 2.66 bits per heavy atom. The lowest BCUT2D eigenvalue weighted by Gasteiger charge is -2.11. The summed E-state index contributed by atoms with van der Waals surface area (Å²) in [6.07, 6.45) is 3.70. The number of methoxy groups -OCH3 is 1. The van der Waals surface area contributed by atoms with Crippen LogP contribution in [0.2, 0.25) is 0 Å². The second-order valence-electron chi connectivity index (χ2n) is 6.95. The zero-order chi connectivity index (χ0) is 20.5. The molecule has 0 aliphatic heterocycles. The van der Waals surface area contributed by atoms with Gasteiger partial charge in [0.25, 0.3) is 5.56 Å². The van der Waals surface area contributed by atoms with Crippen molar-refractivity contribution in [3.63, 3.8) is 0 Å². The van der Waals surface area contributed by atoms with Crippen LogP contribution in [0.25, 0.3) is 11.3 Å².